The summed E-state index contributed by atoms with van der Waals surface area (Å²) in [4.78, 5) is 36.8. The first-order chi connectivity index (χ1) is 15.1. The molecule has 1 N–H and O–H groups in total. The Bertz CT molecular complexity index is 611. The van der Waals surface area contributed by atoms with Gasteiger partial charge in [0.15, 0.2) is 5.76 Å². The van der Waals surface area contributed by atoms with Gasteiger partial charge in [0.05, 0.1) is 12.7 Å². The van der Waals surface area contributed by atoms with Crippen molar-refractivity contribution < 1.29 is 23.9 Å². The van der Waals surface area contributed by atoms with E-state index in [0.29, 0.717) is 6.54 Å². The Morgan fingerprint density at radius 3 is 1.77 bits per heavy atom. The van der Waals surface area contributed by atoms with Crippen LogP contribution in [0.3, 0.4) is 0 Å². The first kappa shape index (κ1) is 26.9. The van der Waals surface area contributed by atoms with Gasteiger partial charge in [0.25, 0.3) is 5.91 Å². The molecule has 2 amide bonds. The highest BCUT2D eigenvalue weighted by molar-refractivity contribution is 6.03. The van der Waals surface area contributed by atoms with Crippen molar-refractivity contribution in [1.29, 1.82) is 0 Å². The van der Waals surface area contributed by atoms with E-state index in [1.807, 2.05) is 0 Å². The van der Waals surface area contributed by atoms with Gasteiger partial charge < -0.3 is 9.52 Å². The van der Waals surface area contributed by atoms with Crippen LogP contribution in [-0.4, -0.2) is 34.3 Å². The second-order valence-corrected chi connectivity index (χ2v) is 8.32. The van der Waals surface area contributed by atoms with Gasteiger partial charge in [-0.3, -0.25) is 19.3 Å². The van der Waals surface area contributed by atoms with E-state index in [1.165, 1.54) is 83.0 Å². The molecule has 0 aromatic carbocycles. The fraction of sp³-hybridized carbons (Fsp3) is 0.720. The highest BCUT2D eigenvalue weighted by Crippen LogP contribution is 2.14. The molecule has 0 aliphatic carbocycles. The summed E-state index contributed by atoms with van der Waals surface area (Å²) in [7, 11) is 0. The number of rotatable bonds is 19. The molecule has 0 saturated carbocycles. The first-order valence-corrected chi connectivity index (χ1v) is 12.2. The van der Waals surface area contributed by atoms with Gasteiger partial charge in [0.1, 0.15) is 0 Å². The third-order valence-electron chi connectivity index (χ3n) is 5.57. The van der Waals surface area contributed by atoms with Crippen molar-refractivity contribution in [3.63, 3.8) is 0 Å². The van der Waals surface area contributed by atoms with Gasteiger partial charge in [0.2, 0.25) is 5.91 Å². The van der Waals surface area contributed by atoms with Crippen molar-refractivity contribution in [3.8, 4) is 0 Å². The SMILES string of the molecule is CCCCCCCCCCCCCCCCN(C(=O)CCC(=O)O)C(=O)c1ccco1. The van der Waals surface area contributed by atoms with E-state index in [1.54, 1.807) is 6.07 Å². The van der Waals surface area contributed by atoms with E-state index in [-0.39, 0.29) is 18.6 Å². The van der Waals surface area contributed by atoms with Crippen LogP contribution in [0.5, 0.6) is 0 Å². The summed E-state index contributed by atoms with van der Waals surface area (Å²) in [5.41, 5.74) is 0. The molecule has 0 unspecified atom stereocenters. The zero-order valence-corrected chi connectivity index (χ0v) is 19.3. The average Bonchev–Trinajstić information content (AvgIpc) is 3.29. The number of carbonyl (C=O) groups is 3. The number of unbranched alkanes of at least 4 members (excludes halogenated alkanes) is 13. The molecule has 0 bridgehead atoms. The number of imide groups is 1. The summed E-state index contributed by atoms with van der Waals surface area (Å²) in [5.74, 6) is -1.89. The number of aliphatic carboxylic acids is 1. The number of nitrogens with zero attached hydrogens (tertiary/aromatic N) is 1. The third kappa shape index (κ3) is 13.0. The predicted molar refractivity (Wildman–Crippen MR) is 122 cm³/mol. The Kier molecular flexibility index (Phi) is 15.3. The van der Waals surface area contributed by atoms with Gasteiger partial charge in [-0.05, 0) is 18.6 Å². The lowest BCUT2D eigenvalue weighted by Crippen LogP contribution is -2.37. The van der Waals surface area contributed by atoms with E-state index < -0.39 is 17.8 Å². The maximum absolute atomic E-state index is 12.5. The molecule has 0 aliphatic heterocycles. The molecule has 0 fully saturated rings. The average molecular weight is 436 g/mol. The largest absolute Gasteiger partial charge is 0.481 e. The van der Waals surface area contributed by atoms with Crippen molar-refractivity contribution in [3.05, 3.63) is 24.2 Å². The van der Waals surface area contributed by atoms with Crippen LogP contribution in [-0.2, 0) is 9.59 Å². The molecular weight excluding hydrogens is 394 g/mol. The molecule has 1 heterocycles. The van der Waals surface area contributed by atoms with Crippen LogP contribution in [0.1, 0.15) is 120 Å². The molecule has 176 valence electrons. The molecule has 0 aliphatic rings. The lowest BCUT2D eigenvalue weighted by Gasteiger charge is -2.19. The van der Waals surface area contributed by atoms with E-state index in [0.717, 1.165) is 24.2 Å². The molecule has 6 heteroatoms. The Balaban J connectivity index is 2.16. The van der Waals surface area contributed by atoms with Crippen LogP contribution in [0.25, 0.3) is 0 Å². The molecule has 1 rings (SSSR count). The molecule has 1 aromatic rings. The zero-order valence-electron chi connectivity index (χ0n) is 19.3. The lowest BCUT2D eigenvalue weighted by molar-refractivity contribution is -0.140. The lowest BCUT2D eigenvalue weighted by atomic mass is 10.0. The van der Waals surface area contributed by atoms with Crippen LogP contribution >= 0.6 is 0 Å². The van der Waals surface area contributed by atoms with Crippen molar-refractivity contribution in [2.24, 2.45) is 0 Å². The van der Waals surface area contributed by atoms with E-state index >= 15 is 0 Å². The standard InChI is InChI=1S/C25H41NO5/c1-2-3-4-5-6-7-8-9-10-11-12-13-14-15-20-26(23(27)18-19-24(28)29)25(30)22-17-16-21-31-22/h16-17,21H,2-15,18-20H2,1H3,(H,28,29). The summed E-state index contributed by atoms with van der Waals surface area (Å²) in [6, 6.07) is 3.12. The summed E-state index contributed by atoms with van der Waals surface area (Å²) in [5, 5.41) is 8.80. The fourth-order valence-electron chi connectivity index (χ4n) is 3.69. The number of hydrogen-bond acceptors (Lipinski definition) is 4. The van der Waals surface area contributed by atoms with Crippen LogP contribution < -0.4 is 0 Å². The van der Waals surface area contributed by atoms with Crippen LogP contribution in [0.2, 0.25) is 0 Å². The molecule has 0 saturated heterocycles. The minimum absolute atomic E-state index is 0.106. The summed E-state index contributed by atoms with van der Waals surface area (Å²) >= 11 is 0. The molecule has 1 aromatic heterocycles. The molecular formula is C25H41NO5. The van der Waals surface area contributed by atoms with Gasteiger partial charge in [-0.15, -0.1) is 0 Å². The van der Waals surface area contributed by atoms with Crippen molar-refractivity contribution in [2.45, 2.75) is 110 Å². The number of amides is 2. The first-order valence-electron chi connectivity index (χ1n) is 12.2. The second-order valence-electron chi connectivity index (χ2n) is 8.32. The zero-order chi connectivity index (χ0) is 22.7. The van der Waals surface area contributed by atoms with Crippen LogP contribution in [0.15, 0.2) is 22.8 Å². The van der Waals surface area contributed by atoms with Crippen LogP contribution in [0, 0.1) is 0 Å². The maximum Gasteiger partial charge on any atom is 0.303 e. The molecule has 0 spiro atoms. The predicted octanol–water partition coefficient (Wildman–Crippen LogP) is 6.59. The third-order valence-corrected chi connectivity index (χ3v) is 5.57. The normalized spacial score (nSPS) is 10.9. The second kappa shape index (κ2) is 17.6. The Hall–Kier alpha value is -2.11. The van der Waals surface area contributed by atoms with Gasteiger partial charge in [0, 0.05) is 13.0 Å². The Morgan fingerprint density at radius 2 is 1.32 bits per heavy atom. The number of carboxylic acid groups (broad SMARTS) is 1. The number of furan rings is 1. The summed E-state index contributed by atoms with van der Waals surface area (Å²) < 4.78 is 5.12. The quantitative estimate of drug-likeness (QED) is 0.247. The molecule has 6 nitrogen and oxygen atoms in total. The highest BCUT2D eigenvalue weighted by Gasteiger charge is 2.24. The highest BCUT2D eigenvalue weighted by atomic mass is 16.4. The monoisotopic (exact) mass is 435 g/mol. The summed E-state index contributed by atoms with van der Waals surface area (Å²) in [6.45, 7) is 2.55. The van der Waals surface area contributed by atoms with Crippen molar-refractivity contribution in [1.82, 2.24) is 4.90 Å². The van der Waals surface area contributed by atoms with E-state index in [9.17, 15) is 14.4 Å². The molecule has 0 radical (unpaired) electrons. The molecule has 31 heavy (non-hydrogen) atoms. The van der Waals surface area contributed by atoms with Gasteiger partial charge in [-0.25, -0.2) is 0 Å². The fourth-order valence-corrected chi connectivity index (χ4v) is 3.69. The van der Waals surface area contributed by atoms with E-state index in [2.05, 4.69) is 6.92 Å². The van der Waals surface area contributed by atoms with Gasteiger partial charge >= 0.3 is 5.97 Å². The minimum Gasteiger partial charge on any atom is -0.481 e. The van der Waals surface area contributed by atoms with Crippen molar-refractivity contribution in [2.75, 3.05) is 6.54 Å². The number of carboxylic acids is 1. The van der Waals surface area contributed by atoms with Crippen molar-refractivity contribution >= 4 is 17.8 Å². The van der Waals surface area contributed by atoms with Crippen LogP contribution in [0.4, 0.5) is 0 Å². The maximum atomic E-state index is 12.5. The Morgan fingerprint density at radius 1 is 0.806 bits per heavy atom. The summed E-state index contributed by atoms with van der Waals surface area (Å²) in [6.07, 6.45) is 18.2. The van der Waals surface area contributed by atoms with Gasteiger partial charge in [-0.2, -0.15) is 0 Å². The topological polar surface area (TPSA) is 87.8 Å². The smallest absolute Gasteiger partial charge is 0.303 e. The minimum atomic E-state index is -1.05. The number of hydrogen-bond donors (Lipinski definition) is 1. The van der Waals surface area contributed by atoms with Gasteiger partial charge in [-0.1, -0.05) is 90.4 Å². The Labute approximate surface area is 187 Å². The number of carbonyl (C=O) groups excluding carboxylic acids is 2. The van der Waals surface area contributed by atoms with E-state index in [4.69, 9.17) is 9.52 Å². The molecule has 0 atom stereocenters.